The molecule has 2 aromatic rings. The Labute approximate surface area is 108 Å². The second kappa shape index (κ2) is 4.54. The lowest BCUT2D eigenvalue weighted by Crippen LogP contribution is -2.37. The van der Waals surface area contributed by atoms with Crippen LogP contribution in [0.2, 0.25) is 5.02 Å². The van der Waals surface area contributed by atoms with Gasteiger partial charge < -0.3 is 0 Å². The maximum atomic E-state index is 11.0. The van der Waals surface area contributed by atoms with E-state index in [0.29, 0.717) is 10.7 Å². The Morgan fingerprint density at radius 3 is 2.83 bits per heavy atom. The molecule has 1 aromatic carbocycles. The standard InChI is InChI=1S/C9H10ClN4O3S/c1-6-7(10)4-3-5-8(6)14-11-9(17-13-14)12-18(2,15)16/h3-5H,1-2H3,(H,11,12,13)/q+1. The average molecular weight is 290 g/mol. The van der Waals surface area contributed by atoms with Crippen molar-refractivity contribution in [1.82, 2.24) is 10.4 Å². The first-order valence-corrected chi connectivity index (χ1v) is 7.13. The largest absolute Gasteiger partial charge is 0.402 e. The zero-order chi connectivity index (χ0) is 13.3. The van der Waals surface area contributed by atoms with Crippen LogP contribution in [0.5, 0.6) is 0 Å². The van der Waals surface area contributed by atoms with Gasteiger partial charge in [0.25, 0.3) is 5.69 Å². The highest BCUT2D eigenvalue weighted by molar-refractivity contribution is 7.91. The van der Waals surface area contributed by atoms with Crippen LogP contribution in [0.15, 0.2) is 22.7 Å². The van der Waals surface area contributed by atoms with Crippen LogP contribution in [-0.4, -0.2) is 25.0 Å². The third kappa shape index (κ3) is 2.77. The molecule has 0 saturated heterocycles. The van der Waals surface area contributed by atoms with Gasteiger partial charge in [0.2, 0.25) is 15.3 Å². The van der Waals surface area contributed by atoms with E-state index in [9.17, 15) is 8.42 Å². The van der Waals surface area contributed by atoms with E-state index in [4.69, 9.17) is 16.1 Å². The molecular formula is C9H10ClN4O3S+. The van der Waals surface area contributed by atoms with Crippen LogP contribution in [0.4, 0.5) is 6.01 Å². The van der Waals surface area contributed by atoms with Gasteiger partial charge in [0.05, 0.1) is 16.4 Å². The van der Waals surface area contributed by atoms with Crippen molar-refractivity contribution >= 4 is 27.6 Å². The number of hydrogen-bond acceptors (Lipinski definition) is 5. The third-order valence-corrected chi connectivity index (χ3v) is 3.07. The van der Waals surface area contributed by atoms with E-state index < -0.39 is 10.0 Å². The van der Waals surface area contributed by atoms with Crippen LogP contribution in [0, 0.1) is 6.92 Å². The fourth-order valence-electron chi connectivity index (χ4n) is 1.31. The van der Waals surface area contributed by atoms with Crippen LogP contribution in [0.1, 0.15) is 5.56 Å². The normalized spacial score (nSPS) is 11.5. The molecule has 0 bridgehead atoms. The molecular weight excluding hydrogens is 280 g/mol. The molecule has 0 saturated carbocycles. The fourth-order valence-corrected chi connectivity index (χ4v) is 1.87. The molecule has 9 heteroatoms. The number of sulfonamides is 1. The lowest BCUT2D eigenvalue weighted by atomic mass is 10.2. The Hall–Kier alpha value is -1.67. The molecule has 0 aliphatic carbocycles. The maximum absolute atomic E-state index is 11.0. The fraction of sp³-hybridized carbons (Fsp3) is 0.222. The van der Waals surface area contributed by atoms with E-state index in [0.717, 1.165) is 16.6 Å². The number of benzene rings is 1. The van der Waals surface area contributed by atoms with Gasteiger partial charge in [0.1, 0.15) is 4.80 Å². The van der Waals surface area contributed by atoms with Gasteiger partial charge in [-0.2, -0.15) is 0 Å². The summed E-state index contributed by atoms with van der Waals surface area (Å²) < 4.78 is 28.8. The first kappa shape index (κ1) is 12.8. The zero-order valence-corrected chi connectivity index (χ0v) is 11.2. The van der Waals surface area contributed by atoms with Gasteiger partial charge in [0.15, 0.2) is 0 Å². The summed E-state index contributed by atoms with van der Waals surface area (Å²) in [5.74, 6) is 0. The summed E-state index contributed by atoms with van der Waals surface area (Å²) in [5.41, 5.74) is 1.36. The number of hydrogen-bond donors (Lipinski definition) is 1. The number of anilines is 1. The van der Waals surface area contributed by atoms with Crippen LogP contribution >= 0.6 is 11.6 Å². The molecule has 96 valence electrons. The number of aromatic nitrogens is 3. The van der Waals surface area contributed by atoms with Crippen LogP contribution in [0.25, 0.3) is 5.69 Å². The van der Waals surface area contributed by atoms with Gasteiger partial charge in [-0.1, -0.05) is 17.7 Å². The van der Waals surface area contributed by atoms with Gasteiger partial charge in [-0.25, -0.2) is 13.1 Å². The molecule has 0 spiro atoms. The van der Waals surface area contributed by atoms with Gasteiger partial charge in [-0.05, 0) is 13.0 Å². The summed E-state index contributed by atoms with van der Waals surface area (Å²) in [6.07, 6.45) is 0.992. The monoisotopic (exact) mass is 289 g/mol. The zero-order valence-electron chi connectivity index (χ0n) is 9.58. The van der Waals surface area contributed by atoms with Crippen molar-refractivity contribution < 1.29 is 17.7 Å². The Bertz CT molecular complexity index is 683. The molecule has 0 atom stereocenters. The molecule has 1 aromatic heterocycles. The smallest absolute Gasteiger partial charge is 0.258 e. The number of nitrogens with zero attached hydrogens (tertiary/aromatic N) is 3. The highest BCUT2D eigenvalue weighted by Gasteiger charge is 2.22. The molecule has 2 rings (SSSR count). The highest BCUT2D eigenvalue weighted by atomic mass is 35.5. The lowest BCUT2D eigenvalue weighted by Gasteiger charge is -1.94. The van der Waals surface area contributed by atoms with Crippen molar-refractivity contribution in [1.29, 1.82) is 0 Å². The third-order valence-electron chi connectivity index (χ3n) is 2.12. The lowest BCUT2D eigenvalue weighted by molar-refractivity contribution is -0.725. The van der Waals surface area contributed by atoms with E-state index in [1.165, 1.54) is 0 Å². The minimum Gasteiger partial charge on any atom is -0.258 e. The molecule has 0 aliphatic rings. The van der Waals surface area contributed by atoms with Gasteiger partial charge in [0, 0.05) is 11.6 Å². The van der Waals surface area contributed by atoms with Crippen LogP contribution in [-0.2, 0) is 10.0 Å². The molecule has 18 heavy (non-hydrogen) atoms. The van der Waals surface area contributed by atoms with Gasteiger partial charge in [-0.15, -0.1) is 0 Å². The van der Waals surface area contributed by atoms with Crippen molar-refractivity contribution in [3.63, 3.8) is 0 Å². The number of rotatable bonds is 3. The maximum Gasteiger partial charge on any atom is 0.402 e. The topological polar surface area (TPSA) is 89.0 Å². The van der Waals surface area contributed by atoms with Crippen molar-refractivity contribution in [2.75, 3.05) is 11.0 Å². The Morgan fingerprint density at radius 2 is 2.17 bits per heavy atom. The summed E-state index contributed by atoms with van der Waals surface area (Å²) in [6, 6.07) is 4.99. The summed E-state index contributed by atoms with van der Waals surface area (Å²) in [7, 11) is -3.45. The van der Waals surface area contributed by atoms with Crippen molar-refractivity contribution in [3.8, 4) is 5.69 Å². The van der Waals surface area contributed by atoms with Crippen molar-refractivity contribution in [2.45, 2.75) is 6.92 Å². The Kier molecular flexibility index (Phi) is 3.22. The predicted octanol–water partition coefficient (Wildman–Crippen LogP) is 0.680. The summed E-state index contributed by atoms with van der Waals surface area (Å²) in [4.78, 5) is 1.16. The highest BCUT2D eigenvalue weighted by Crippen LogP contribution is 2.18. The van der Waals surface area contributed by atoms with E-state index in [-0.39, 0.29) is 6.01 Å². The Morgan fingerprint density at radius 1 is 1.44 bits per heavy atom. The molecule has 1 heterocycles. The second-order valence-corrected chi connectivity index (χ2v) is 5.78. The molecule has 0 fully saturated rings. The molecule has 7 nitrogen and oxygen atoms in total. The molecule has 0 radical (unpaired) electrons. The quantitative estimate of drug-likeness (QED) is 0.839. The summed E-state index contributed by atoms with van der Waals surface area (Å²) >= 11 is 5.97. The minimum atomic E-state index is -3.45. The molecule has 0 amide bonds. The van der Waals surface area contributed by atoms with E-state index in [1.54, 1.807) is 25.1 Å². The number of nitrogens with one attached hydrogen (secondary N) is 1. The van der Waals surface area contributed by atoms with E-state index in [2.05, 4.69) is 15.1 Å². The molecule has 0 unspecified atom stereocenters. The molecule has 1 N–H and O–H groups in total. The molecule has 0 aliphatic heterocycles. The second-order valence-electron chi connectivity index (χ2n) is 3.63. The SMILES string of the molecule is Cc1c(Cl)cccc1-[n+]1noc(NS(C)(=O)=O)n1. The van der Waals surface area contributed by atoms with Gasteiger partial charge >= 0.3 is 6.01 Å². The summed E-state index contributed by atoms with van der Waals surface area (Å²) in [6.45, 7) is 1.80. The van der Waals surface area contributed by atoms with E-state index >= 15 is 0 Å². The predicted molar refractivity (Wildman–Crippen MR) is 64.0 cm³/mol. The average Bonchev–Trinajstić information content (AvgIpc) is 2.68. The van der Waals surface area contributed by atoms with Crippen LogP contribution < -0.4 is 9.52 Å². The van der Waals surface area contributed by atoms with Crippen molar-refractivity contribution in [2.24, 2.45) is 0 Å². The minimum absolute atomic E-state index is 0.211. The first-order valence-electron chi connectivity index (χ1n) is 4.86. The van der Waals surface area contributed by atoms with Crippen LogP contribution in [0.3, 0.4) is 0 Å². The van der Waals surface area contributed by atoms with E-state index in [1.807, 2.05) is 0 Å². The first-order chi connectivity index (χ1) is 8.37. The number of halogens is 1. The Balaban J connectivity index is 2.38. The van der Waals surface area contributed by atoms with Gasteiger partial charge in [-0.3, -0.25) is 4.52 Å². The summed E-state index contributed by atoms with van der Waals surface area (Å²) in [5, 5.41) is 8.03. The van der Waals surface area contributed by atoms with Crippen molar-refractivity contribution in [3.05, 3.63) is 28.8 Å².